The maximum absolute atomic E-state index is 13.4. The maximum Gasteiger partial charge on any atom is 0.573 e. The molecule has 0 radical (unpaired) electrons. The summed E-state index contributed by atoms with van der Waals surface area (Å²) in [5, 5.41) is 9.65. The fraction of sp³-hybridized carbons (Fsp3) is 0.467. The van der Waals surface area contributed by atoms with Gasteiger partial charge in [-0.3, -0.25) is 4.79 Å². The van der Waals surface area contributed by atoms with Gasteiger partial charge in [0.15, 0.2) is 15.7 Å². The molecule has 3 atom stereocenters. The van der Waals surface area contributed by atoms with Crippen molar-refractivity contribution < 1.29 is 40.4 Å². The Morgan fingerprint density at radius 2 is 2.00 bits per heavy atom. The van der Waals surface area contributed by atoms with E-state index in [2.05, 4.69) is 25.5 Å². The van der Waals surface area contributed by atoms with Crippen LogP contribution in [0.5, 0.6) is 5.75 Å². The van der Waals surface area contributed by atoms with Crippen LogP contribution in [0.4, 0.5) is 18.0 Å². The number of carbonyl (C=O) groups is 2. The Bertz CT molecular complexity index is 1760. The SMILES string of the molecule is Cc1noc([C@H]2C[C@@H]2C(=O)NCc2ccc(-c3cccc(OC(F)(F)F)c3)c3c2CN(C(=O)NC2(C)CCS(=O)(=O)C2)CC3)n1. The number of benzene rings is 2. The van der Waals surface area contributed by atoms with Crippen molar-refractivity contribution in [3.8, 4) is 16.9 Å². The molecule has 1 unspecified atom stereocenters. The van der Waals surface area contributed by atoms with Gasteiger partial charge in [-0.05, 0) is 73.1 Å². The van der Waals surface area contributed by atoms with E-state index in [1.54, 1.807) is 36.9 Å². The average molecular weight is 648 g/mol. The molecule has 0 bridgehead atoms. The standard InChI is InChI=1S/C30H32F3N5O6S/c1-17-35-27(44-37-17)24-13-23(24)26(39)34-14-19-6-7-21(18-4-3-5-20(12-18)43-30(31,32)33)22-8-10-38(15-25(19)22)28(40)36-29(2)9-11-45(41,42)16-29/h3-7,12,23-24H,8-11,13-16H2,1-2H3,(H,34,39)(H,36,40)/t23-,24-,29?/m0/s1. The van der Waals surface area contributed by atoms with Crippen LogP contribution >= 0.6 is 0 Å². The Labute approximate surface area is 257 Å². The van der Waals surface area contributed by atoms with Gasteiger partial charge in [0.05, 0.1) is 28.9 Å². The number of fused-ring (bicyclic) bond motifs is 1. The molecule has 2 aliphatic heterocycles. The fourth-order valence-corrected chi connectivity index (χ4v) is 8.29. The lowest BCUT2D eigenvalue weighted by Gasteiger charge is -2.35. The van der Waals surface area contributed by atoms with E-state index in [1.165, 1.54) is 18.2 Å². The minimum atomic E-state index is -4.84. The van der Waals surface area contributed by atoms with Gasteiger partial charge >= 0.3 is 12.4 Å². The zero-order valence-corrected chi connectivity index (χ0v) is 25.4. The first-order valence-electron chi connectivity index (χ1n) is 14.5. The largest absolute Gasteiger partial charge is 0.573 e. The lowest BCUT2D eigenvalue weighted by molar-refractivity contribution is -0.274. The van der Waals surface area contributed by atoms with Crippen LogP contribution in [0, 0.1) is 12.8 Å². The highest BCUT2D eigenvalue weighted by Gasteiger charge is 2.47. The number of hydrogen-bond acceptors (Lipinski definition) is 8. The lowest BCUT2D eigenvalue weighted by Crippen LogP contribution is -2.53. The summed E-state index contributed by atoms with van der Waals surface area (Å²) in [6.45, 7) is 4.04. The number of carbonyl (C=O) groups excluding carboxylic acids is 2. The van der Waals surface area contributed by atoms with E-state index in [-0.39, 0.29) is 48.1 Å². The van der Waals surface area contributed by atoms with Crippen LogP contribution in [0.2, 0.25) is 0 Å². The number of amides is 3. The van der Waals surface area contributed by atoms with Gasteiger partial charge in [0.1, 0.15) is 5.75 Å². The highest BCUT2D eigenvalue weighted by Crippen LogP contribution is 2.47. The van der Waals surface area contributed by atoms with E-state index < -0.39 is 27.8 Å². The maximum atomic E-state index is 13.4. The van der Waals surface area contributed by atoms with Gasteiger partial charge in [0.2, 0.25) is 11.8 Å². The number of nitrogens with zero attached hydrogens (tertiary/aromatic N) is 3. The molecule has 1 aromatic heterocycles. The second-order valence-corrected chi connectivity index (χ2v) is 14.3. The molecule has 3 aromatic rings. The van der Waals surface area contributed by atoms with Crippen molar-refractivity contribution in [3.05, 3.63) is 64.8 Å². The molecule has 1 saturated carbocycles. The average Bonchev–Trinajstić information content (AvgIpc) is 3.57. The number of aromatic nitrogens is 2. The van der Waals surface area contributed by atoms with E-state index in [0.717, 1.165) is 16.7 Å². The third-order valence-electron chi connectivity index (χ3n) is 8.53. The Kier molecular flexibility index (Phi) is 7.78. The molecule has 3 amide bonds. The zero-order chi connectivity index (χ0) is 32.1. The van der Waals surface area contributed by atoms with Crippen molar-refractivity contribution in [2.45, 2.75) is 64.0 Å². The molecule has 3 heterocycles. The monoisotopic (exact) mass is 647 g/mol. The number of halogens is 3. The van der Waals surface area contributed by atoms with E-state index in [9.17, 15) is 31.2 Å². The molecular formula is C30H32F3N5O6S. The highest BCUT2D eigenvalue weighted by atomic mass is 32.2. The van der Waals surface area contributed by atoms with Crippen LogP contribution in [0.15, 0.2) is 40.9 Å². The molecule has 2 aromatic carbocycles. The van der Waals surface area contributed by atoms with E-state index in [4.69, 9.17) is 4.52 Å². The predicted molar refractivity (Wildman–Crippen MR) is 155 cm³/mol. The predicted octanol–water partition coefficient (Wildman–Crippen LogP) is 4.01. The quantitative estimate of drug-likeness (QED) is 0.392. The second-order valence-electron chi connectivity index (χ2n) is 12.2. The summed E-state index contributed by atoms with van der Waals surface area (Å²) in [7, 11) is -3.24. The molecule has 240 valence electrons. The van der Waals surface area contributed by atoms with Gasteiger partial charge in [-0.15, -0.1) is 13.2 Å². The van der Waals surface area contributed by atoms with Crippen molar-refractivity contribution in [3.63, 3.8) is 0 Å². The molecule has 45 heavy (non-hydrogen) atoms. The molecule has 11 nitrogen and oxygen atoms in total. The number of nitrogens with one attached hydrogen (secondary N) is 2. The van der Waals surface area contributed by atoms with Gasteiger partial charge in [-0.1, -0.05) is 29.4 Å². The number of aryl methyl sites for hydroxylation is 1. The van der Waals surface area contributed by atoms with Gasteiger partial charge < -0.3 is 24.8 Å². The van der Waals surface area contributed by atoms with Crippen molar-refractivity contribution in [1.29, 1.82) is 0 Å². The van der Waals surface area contributed by atoms with Crippen LogP contribution < -0.4 is 15.4 Å². The first-order valence-corrected chi connectivity index (χ1v) is 16.4. The summed E-state index contributed by atoms with van der Waals surface area (Å²) in [5.41, 5.74) is 2.68. The minimum Gasteiger partial charge on any atom is -0.406 e. The zero-order valence-electron chi connectivity index (χ0n) is 24.6. The summed E-state index contributed by atoms with van der Waals surface area (Å²) in [5.74, 6) is -0.185. The summed E-state index contributed by atoms with van der Waals surface area (Å²) in [4.78, 5) is 32.2. The van der Waals surface area contributed by atoms with Crippen LogP contribution in [-0.4, -0.2) is 65.3 Å². The van der Waals surface area contributed by atoms with Crippen LogP contribution in [0.1, 0.15) is 54.1 Å². The Morgan fingerprint density at radius 1 is 1.20 bits per heavy atom. The van der Waals surface area contributed by atoms with E-state index >= 15 is 0 Å². The van der Waals surface area contributed by atoms with Crippen molar-refractivity contribution in [1.82, 2.24) is 25.7 Å². The number of rotatable bonds is 7. The van der Waals surface area contributed by atoms with Crippen molar-refractivity contribution >= 4 is 21.8 Å². The molecule has 0 spiro atoms. The summed E-state index contributed by atoms with van der Waals surface area (Å²) in [6, 6.07) is 8.90. The Hall–Kier alpha value is -4.14. The first kappa shape index (κ1) is 30.9. The number of hydrogen-bond donors (Lipinski definition) is 2. The number of sulfone groups is 1. The minimum absolute atomic E-state index is 0.00485. The molecule has 2 N–H and O–H groups in total. The van der Waals surface area contributed by atoms with Crippen LogP contribution in [0.25, 0.3) is 11.1 Å². The topological polar surface area (TPSA) is 144 Å². The van der Waals surface area contributed by atoms with Crippen molar-refractivity contribution in [2.24, 2.45) is 5.92 Å². The number of urea groups is 1. The van der Waals surface area contributed by atoms with E-state index in [1.807, 2.05) is 0 Å². The Morgan fingerprint density at radius 3 is 2.69 bits per heavy atom. The molecule has 2 fully saturated rings. The normalized spacial score (nSPS) is 23.7. The number of alkyl halides is 3. The smallest absolute Gasteiger partial charge is 0.406 e. The van der Waals surface area contributed by atoms with Crippen molar-refractivity contribution in [2.75, 3.05) is 18.1 Å². The van der Waals surface area contributed by atoms with Gasteiger partial charge in [0.25, 0.3) is 0 Å². The molecule has 1 saturated heterocycles. The third-order valence-corrected chi connectivity index (χ3v) is 10.4. The third kappa shape index (κ3) is 6.92. The van der Waals surface area contributed by atoms with Crippen LogP contribution in [0.3, 0.4) is 0 Å². The van der Waals surface area contributed by atoms with Gasteiger partial charge in [-0.25, -0.2) is 13.2 Å². The summed E-state index contributed by atoms with van der Waals surface area (Å²) >= 11 is 0. The van der Waals surface area contributed by atoms with E-state index in [0.29, 0.717) is 48.6 Å². The molecule has 3 aliphatic rings. The fourth-order valence-electron chi connectivity index (χ4n) is 6.19. The molecule has 6 rings (SSSR count). The summed E-state index contributed by atoms with van der Waals surface area (Å²) < 4.78 is 72.3. The van der Waals surface area contributed by atoms with Gasteiger partial charge in [-0.2, -0.15) is 4.98 Å². The number of ether oxygens (including phenoxy) is 1. The molecule has 1 aliphatic carbocycles. The highest BCUT2D eigenvalue weighted by molar-refractivity contribution is 7.91. The molecular weight excluding hydrogens is 615 g/mol. The molecule has 15 heteroatoms. The summed E-state index contributed by atoms with van der Waals surface area (Å²) in [6.07, 6.45) is -3.55. The second kappa shape index (κ2) is 11.3. The van der Waals surface area contributed by atoms with Crippen LogP contribution in [-0.2, 0) is 34.1 Å². The Balaban J connectivity index is 1.24. The lowest BCUT2D eigenvalue weighted by atomic mass is 9.87. The van der Waals surface area contributed by atoms with Gasteiger partial charge in [0, 0.05) is 19.6 Å². The first-order chi connectivity index (χ1) is 21.2.